The number of aliphatic carboxylic acids is 2. The van der Waals surface area contributed by atoms with E-state index < -0.39 is 24.3 Å². The predicted octanol–water partition coefficient (Wildman–Crippen LogP) is 5.05. The van der Waals surface area contributed by atoms with Crippen LogP contribution in [-0.2, 0) is 22.6 Å². The second-order valence-electron chi connectivity index (χ2n) is 9.68. The SMILES string of the molecule is O=C(NCCc1ccccn1)c1cc(-c2cnc(-c3cccnc3)nc2)cn1CC1CC1.O=C(O)C(F)(F)F.O=C(O)C(F)(F)F. The van der Waals surface area contributed by atoms with Crippen LogP contribution in [0.2, 0.25) is 0 Å². The Kier molecular flexibility index (Phi) is 11.9. The number of aromatic nitrogens is 5. The van der Waals surface area contributed by atoms with Crippen LogP contribution in [0.1, 0.15) is 29.0 Å². The summed E-state index contributed by atoms with van der Waals surface area (Å²) in [7, 11) is 0. The summed E-state index contributed by atoms with van der Waals surface area (Å²) >= 11 is 0. The average Bonchev–Trinajstić information content (AvgIpc) is 3.73. The molecule has 3 N–H and O–H groups in total. The van der Waals surface area contributed by atoms with Crippen LogP contribution in [0, 0.1) is 5.92 Å². The molecule has 4 aromatic heterocycles. The number of carboxylic acid groups (broad SMARTS) is 2. The molecule has 1 saturated carbocycles. The minimum Gasteiger partial charge on any atom is -0.475 e. The van der Waals surface area contributed by atoms with Gasteiger partial charge in [-0.2, -0.15) is 26.3 Å². The fourth-order valence-corrected chi connectivity index (χ4v) is 3.65. The third kappa shape index (κ3) is 11.3. The lowest BCUT2D eigenvalue weighted by atomic mass is 10.1. The van der Waals surface area contributed by atoms with Crippen molar-refractivity contribution in [1.29, 1.82) is 0 Å². The lowest BCUT2D eigenvalue weighted by Crippen LogP contribution is -2.28. The molecule has 1 amide bonds. The molecular formula is C29H26F6N6O5. The molecule has 244 valence electrons. The van der Waals surface area contributed by atoms with Gasteiger partial charge in [0, 0.05) is 79.1 Å². The number of hydrogen-bond acceptors (Lipinski definition) is 7. The minimum atomic E-state index is -5.08. The number of carboxylic acids is 2. The number of hydrogen-bond donors (Lipinski definition) is 3. The van der Waals surface area contributed by atoms with Crippen LogP contribution < -0.4 is 5.32 Å². The fourth-order valence-electron chi connectivity index (χ4n) is 3.65. The molecule has 0 unspecified atom stereocenters. The van der Waals surface area contributed by atoms with Gasteiger partial charge >= 0.3 is 24.3 Å². The van der Waals surface area contributed by atoms with Crippen molar-refractivity contribution < 1.29 is 50.9 Å². The van der Waals surface area contributed by atoms with Crippen molar-refractivity contribution in [1.82, 2.24) is 29.8 Å². The minimum absolute atomic E-state index is 0.0688. The summed E-state index contributed by atoms with van der Waals surface area (Å²) in [4.78, 5) is 48.2. The van der Waals surface area contributed by atoms with Crippen molar-refractivity contribution in [2.45, 2.75) is 38.2 Å². The Bertz CT molecular complexity index is 1570. The Morgan fingerprint density at radius 3 is 1.96 bits per heavy atom. The van der Waals surface area contributed by atoms with Crippen molar-refractivity contribution >= 4 is 17.8 Å². The molecule has 17 heteroatoms. The number of amides is 1. The first-order valence-electron chi connectivity index (χ1n) is 13.4. The van der Waals surface area contributed by atoms with Gasteiger partial charge in [-0.1, -0.05) is 6.07 Å². The van der Waals surface area contributed by atoms with Crippen LogP contribution in [0.3, 0.4) is 0 Å². The molecule has 11 nitrogen and oxygen atoms in total. The zero-order chi connectivity index (χ0) is 33.9. The lowest BCUT2D eigenvalue weighted by molar-refractivity contribution is -0.193. The number of halogens is 6. The summed E-state index contributed by atoms with van der Waals surface area (Å²) in [5.41, 5.74) is 4.34. The van der Waals surface area contributed by atoms with Crippen LogP contribution in [0.15, 0.2) is 73.6 Å². The van der Waals surface area contributed by atoms with E-state index in [2.05, 4.69) is 29.8 Å². The molecule has 0 aromatic carbocycles. The Morgan fingerprint density at radius 1 is 0.826 bits per heavy atom. The molecular weight excluding hydrogens is 626 g/mol. The van der Waals surface area contributed by atoms with Gasteiger partial charge in [-0.25, -0.2) is 19.6 Å². The van der Waals surface area contributed by atoms with E-state index in [1.807, 2.05) is 42.6 Å². The van der Waals surface area contributed by atoms with E-state index in [1.165, 1.54) is 12.8 Å². The van der Waals surface area contributed by atoms with E-state index >= 15 is 0 Å². The third-order valence-electron chi connectivity index (χ3n) is 6.06. The van der Waals surface area contributed by atoms with Gasteiger partial charge in [-0.15, -0.1) is 0 Å². The molecule has 0 saturated heterocycles. The highest BCUT2D eigenvalue weighted by molar-refractivity contribution is 5.94. The number of carbonyl (C=O) groups excluding carboxylic acids is 1. The van der Waals surface area contributed by atoms with Crippen LogP contribution >= 0.6 is 0 Å². The molecule has 1 fully saturated rings. The van der Waals surface area contributed by atoms with E-state index in [0.29, 0.717) is 30.4 Å². The van der Waals surface area contributed by atoms with E-state index in [1.54, 1.807) is 31.0 Å². The molecule has 4 heterocycles. The van der Waals surface area contributed by atoms with Gasteiger partial charge in [-0.05, 0) is 49.1 Å². The maximum absolute atomic E-state index is 13.0. The highest BCUT2D eigenvalue weighted by Gasteiger charge is 2.38. The van der Waals surface area contributed by atoms with Crippen LogP contribution in [-0.4, -0.2) is 71.5 Å². The maximum Gasteiger partial charge on any atom is 0.490 e. The monoisotopic (exact) mass is 652 g/mol. The number of nitrogens with one attached hydrogen (secondary N) is 1. The zero-order valence-electron chi connectivity index (χ0n) is 23.7. The first-order valence-corrected chi connectivity index (χ1v) is 13.4. The Morgan fingerprint density at radius 2 is 1.46 bits per heavy atom. The summed E-state index contributed by atoms with van der Waals surface area (Å²) in [5.74, 6) is -4.30. The van der Waals surface area contributed by atoms with E-state index in [9.17, 15) is 31.1 Å². The van der Waals surface area contributed by atoms with Gasteiger partial charge < -0.3 is 20.1 Å². The molecule has 1 aliphatic carbocycles. The molecule has 0 radical (unpaired) electrons. The van der Waals surface area contributed by atoms with Crippen molar-refractivity contribution in [3.8, 4) is 22.5 Å². The van der Waals surface area contributed by atoms with Gasteiger partial charge in [0.05, 0.1) is 0 Å². The van der Waals surface area contributed by atoms with Crippen LogP contribution in [0.25, 0.3) is 22.5 Å². The summed E-state index contributed by atoms with van der Waals surface area (Å²) in [6.45, 7) is 1.40. The summed E-state index contributed by atoms with van der Waals surface area (Å²) in [6, 6.07) is 11.5. The fraction of sp³-hybridized carbons (Fsp3) is 0.276. The number of rotatable bonds is 8. The Labute approximate surface area is 257 Å². The summed E-state index contributed by atoms with van der Waals surface area (Å²) in [6.07, 6.45) is 3.85. The predicted molar refractivity (Wildman–Crippen MR) is 149 cm³/mol. The van der Waals surface area contributed by atoms with Crippen molar-refractivity contribution in [2.24, 2.45) is 5.92 Å². The van der Waals surface area contributed by atoms with E-state index in [0.717, 1.165) is 28.9 Å². The molecule has 0 spiro atoms. The molecule has 0 atom stereocenters. The van der Waals surface area contributed by atoms with Crippen LogP contribution in [0.4, 0.5) is 26.3 Å². The summed E-state index contributed by atoms with van der Waals surface area (Å²) < 4.78 is 65.5. The number of pyridine rings is 2. The molecule has 1 aliphatic rings. The van der Waals surface area contributed by atoms with Crippen molar-refractivity contribution in [2.75, 3.05) is 6.54 Å². The van der Waals surface area contributed by atoms with Gasteiger partial charge in [0.2, 0.25) is 0 Å². The highest BCUT2D eigenvalue weighted by atomic mass is 19.4. The van der Waals surface area contributed by atoms with E-state index in [-0.39, 0.29) is 5.91 Å². The van der Waals surface area contributed by atoms with Crippen LogP contribution in [0.5, 0.6) is 0 Å². The topological polar surface area (TPSA) is 160 Å². The average molecular weight is 653 g/mol. The van der Waals surface area contributed by atoms with E-state index in [4.69, 9.17) is 19.8 Å². The van der Waals surface area contributed by atoms with Gasteiger partial charge in [-0.3, -0.25) is 14.8 Å². The Hall–Kier alpha value is -5.35. The maximum atomic E-state index is 13.0. The summed E-state index contributed by atoms with van der Waals surface area (Å²) in [5, 5.41) is 17.3. The molecule has 0 bridgehead atoms. The molecule has 0 aliphatic heterocycles. The van der Waals surface area contributed by atoms with Crippen molar-refractivity contribution in [3.63, 3.8) is 0 Å². The number of alkyl halides is 6. The second-order valence-corrected chi connectivity index (χ2v) is 9.68. The first kappa shape index (κ1) is 35.1. The second kappa shape index (κ2) is 15.6. The largest absolute Gasteiger partial charge is 0.490 e. The highest BCUT2D eigenvalue weighted by Crippen LogP contribution is 2.32. The molecule has 5 rings (SSSR count). The van der Waals surface area contributed by atoms with Gasteiger partial charge in [0.25, 0.3) is 5.91 Å². The number of carbonyl (C=O) groups is 3. The standard InChI is InChI=1S/C25H24N6O.2C2HF3O2/c32-25(28-11-8-22-5-1-2-10-27-22)23-12-20(17-31(23)16-18-6-7-18)21-14-29-24(30-15-21)19-4-3-9-26-13-19;2*3-2(4,5)1(6)7/h1-5,9-10,12-15,17-18H,6-8,11,16H2,(H,28,32);2*(H,6,7). The Balaban J connectivity index is 0.000000345. The normalized spacial score (nSPS) is 12.6. The quantitative estimate of drug-likeness (QED) is 0.221. The lowest BCUT2D eigenvalue weighted by Gasteiger charge is -2.09. The van der Waals surface area contributed by atoms with Gasteiger partial charge in [0.15, 0.2) is 5.82 Å². The first-order chi connectivity index (χ1) is 21.6. The smallest absolute Gasteiger partial charge is 0.475 e. The zero-order valence-corrected chi connectivity index (χ0v) is 23.7. The van der Waals surface area contributed by atoms with Crippen molar-refractivity contribution in [3.05, 3.63) is 85.0 Å². The molecule has 4 aromatic rings. The van der Waals surface area contributed by atoms with Gasteiger partial charge in [0.1, 0.15) is 5.69 Å². The molecule has 46 heavy (non-hydrogen) atoms. The number of nitrogens with zero attached hydrogens (tertiary/aromatic N) is 5. The third-order valence-corrected chi connectivity index (χ3v) is 6.06.